The number of carbonyl (C=O) groups is 1. The Balaban J connectivity index is 2.05. The van der Waals surface area contributed by atoms with Gasteiger partial charge in [0.2, 0.25) is 0 Å². The molecule has 2 heterocycles. The van der Waals surface area contributed by atoms with Crippen molar-refractivity contribution in [1.29, 1.82) is 0 Å². The number of carbonyl (C=O) groups excluding carboxylic acids is 1. The molecular formula is C21H36N6O3. The molecule has 3 N–H and O–H groups in total. The third-order valence-corrected chi connectivity index (χ3v) is 4.78. The van der Waals surface area contributed by atoms with Gasteiger partial charge in [-0.2, -0.15) is 0 Å². The molecule has 30 heavy (non-hydrogen) atoms. The van der Waals surface area contributed by atoms with Crippen LogP contribution < -0.4 is 11.2 Å². The van der Waals surface area contributed by atoms with Crippen molar-refractivity contribution in [3.05, 3.63) is 17.1 Å². The number of nitrogens with zero attached hydrogens (tertiary/aromatic N) is 4. The maximum atomic E-state index is 11.9. The summed E-state index contributed by atoms with van der Waals surface area (Å²) in [6.07, 6.45) is 3.05. The summed E-state index contributed by atoms with van der Waals surface area (Å²) in [6.45, 7) is 13.0. The number of hydrogen-bond acceptors (Lipinski definition) is 7. The van der Waals surface area contributed by atoms with Gasteiger partial charge in [0, 0.05) is 25.2 Å². The Labute approximate surface area is 178 Å². The molecule has 0 fully saturated rings. The second-order valence-corrected chi connectivity index (χ2v) is 8.44. The number of nitrogens with one attached hydrogen (secondary N) is 1. The van der Waals surface area contributed by atoms with Gasteiger partial charge in [0.25, 0.3) is 0 Å². The molecule has 0 radical (unpaired) electrons. The molecule has 2 aromatic rings. The number of aryl methyl sites for hydroxylation is 4. The number of imidazole rings is 1. The minimum atomic E-state index is -0.561. The first-order valence-corrected chi connectivity index (χ1v) is 10.5. The van der Waals surface area contributed by atoms with Crippen molar-refractivity contribution in [2.24, 2.45) is 0 Å². The van der Waals surface area contributed by atoms with E-state index in [0.29, 0.717) is 12.4 Å². The van der Waals surface area contributed by atoms with Crippen LogP contribution in [0.1, 0.15) is 64.0 Å². The standard InChI is InChI=1S/C21H36N6O3/c1-8-11-16-24-17-18(14(2)15(3)23-19(17)22)26(16)12-9-10-13-27(29-7)25-20(28)30-21(4,5)6/h8-13H2,1-7H3,(H2,22,23)(H,25,28). The van der Waals surface area contributed by atoms with Crippen LogP contribution in [0.5, 0.6) is 0 Å². The third kappa shape index (κ3) is 6.06. The summed E-state index contributed by atoms with van der Waals surface area (Å²) in [5, 5.41) is 1.39. The Morgan fingerprint density at radius 1 is 1.23 bits per heavy atom. The molecule has 0 aliphatic rings. The highest BCUT2D eigenvalue weighted by Gasteiger charge is 2.19. The van der Waals surface area contributed by atoms with Crippen LogP contribution in [0.2, 0.25) is 0 Å². The Morgan fingerprint density at radius 3 is 2.53 bits per heavy atom. The predicted molar refractivity (Wildman–Crippen MR) is 118 cm³/mol. The number of ether oxygens (including phenoxy) is 1. The first kappa shape index (κ1) is 23.9. The van der Waals surface area contributed by atoms with Crippen LogP contribution in [-0.4, -0.2) is 45.1 Å². The molecule has 0 aliphatic carbocycles. The topological polar surface area (TPSA) is 108 Å². The van der Waals surface area contributed by atoms with Gasteiger partial charge in [-0.25, -0.2) is 20.2 Å². The Bertz CT molecular complexity index is 872. The first-order chi connectivity index (χ1) is 14.1. The molecule has 2 rings (SSSR count). The quantitative estimate of drug-likeness (QED) is 0.471. The summed E-state index contributed by atoms with van der Waals surface area (Å²) in [7, 11) is 1.52. The molecule has 9 nitrogen and oxygen atoms in total. The normalized spacial score (nSPS) is 12.0. The number of pyridine rings is 1. The van der Waals surface area contributed by atoms with Gasteiger partial charge < -0.3 is 15.0 Å². The number of hydroxylamine groups is 1. The molecule has 0 aliphatic heterocycles. The van der Waals surface area contributed by atoms with Crippen LogP contribution in [-0.2, 0) is 22.5 Å². The Hall–Kier alpha value is -2.39. The fraction of sp³-hybridized carbons (Fsp3) is 0.667. The molecule has 9 heteroatoms. The van der Waals surface area contributed by atoms with E-state index in [0.717, 1.165) is 60.3 Å². The summed E-state index contributed by atoms with van der Waals surface area (Å²) in [4.78, 5) is 26.4. The lowest BCUT2D eigenvalue weighted by molar-refractivity contribution is -0.167. The maximum absolute atomic E-state index is 11.9. The molecule has 0 atom stereocenters. The minimum absolute atomic E-state index is 0.483. The number of hydrogen-bond donors (Lipinski definition) is 2. The van der Waals surface area contributed by atoms with Crippen molar-refractivity contribution >= 4 is 22.9 Å². The summed E-state index contributed by atoms with van der Waals surface area (Å²) in [5.41, 5.74) is 12.1. The van der Waals surface area contributed by atoms with E-state index >= 15 is 0 Å². The molecule has 2 aromatic heterocycles. The lowest BCUT2D eigenvalue weighted by Crippen LogP contribution is -2.44. The Morgan fingerprint density at radius 2 is 1.93 bits per heavy atom. The van der Waals surface area contributed by atoms with Crippen LogP contribution in [0.25, 0.3) is 11.0 Å². The molecule has 1 amide bonds. The highest BCUT2D eigenvalue weighted by molar-refractivity contribution is 5.88. The van der Waals surface area contributed by atoms with Crippen LogP contribution in [0.3, 0.4) is 0 Å². The number of fused-ring (bicyclic) bond motifs is 1. The van der Waals surface area contributed by atoms with Crippen molar-refractivity contribution in [2.45, 2.75) is 79.4 Å². The van der Waals surface area contributed by atoms with E-state index in [2.05, 4.69) is 28.8 Å². The molecular weight excluding hydrogens is 384 g/mol. The number of anilines is 1. The lowest BCUT2D eigenvalue weighted by Gasteiger charge is -2.24. The van der Waals surface area contributed by atoms with E-state index in [-0.39, 0.29) is 0 Å². The van der Waals surface area contributed by atoms with Gasteiger partial charge in [0.15, 0.2) is 5.82 Å². The monoisotopic (exact) mass is 420 g/mol. The number of hydrazine groups is 1. The van der Waals surface area contributed by atoms with E-state index in [9.17, 15) is 4.79 Å². The van der Waals surface area contributed by atoms with Crippen molar-refractivity contribution < 1.29 is 14.4 Å². The average molecular weight is 421 g/mol. The number of amides is 1. The Kier molecular flexibility index (Phi) is 8.03. The molecule has 168 valence electrons. The largest absolute Gasteiger partial charge is 0.443 e. The fourth-order valence-corrected chi connectivity index (χ4v) is 3.32. The number of nitrogen functional groups attached to an aromatic ring is 1. The van der Waals surface area contributed by atoms with Crippen molar-refractivity contribution in [2.75, 3.05) is 19.4 Å². The van der Waals surface area contributed by atoms with Gasteiger partial charge in [0.1, 0.15) is 16.9 Å². The SMILES string of the molecule is CCCc1nc2c(N)nc(C)c(C)c2n1CCCCN(NC(=O)OC(C)(C)C)OC. The molecule has 0 saturated carbocycles. The van der Waals surface area contributed by atoms with Gasteiger partial charge in [-0.1, -0.05) is 12.1 Å². The highest BCUT2D eigenvalue weighted by Crippen LogP contribution is 2.27. The maximum Gasteiger partial charge on any atom is 0.424 e. The second-order valence-electron chi connectivity index (χ2n) is 8.44. The van der Waals surface area contributed by atoms with E-state index in [4.69, 9.17) is 20.3 Å². The van der Waals surface area contributed by atoms with Crippen molar-refractivity contribution in [3.8, 4) is 0 Å². The fourth-order valence-electron chi connectivity index (χ4n) is 3.32. The molecule has 0 bridgehead atoms. The van der Waals surface area contributed by atoms with Crippen LogP contribution >= 0.6 is 0 Å². The third-order valence-electron chi connectivity index (χ3n) is 4.78. The molecule has 0 saturated heterocycles. The predicted octanol–water partition coefficient (Wildman–Crippen LogP) is 3.67. The molecule has 0 spiro atoms. The van der Waals surface area contributed by atoms with Gasteiger partial charge in [0.05, 0.1) is 12.6 Å². The highest BCUT2D eigenvalue weighted by atomic mass is 16.7. The van der Waals surface area contributed by atoms with Crippen molar-refractivity contribution in [1.82, 2.24) is 25.1 Å². The van der Waals surface area contributed by atoms with E-state index < -0.39 is 11.7 Å². The summed E-state index contributed by atoms with van der Waals surface area (Å²) < 4.78 is 7.52. The van der Waals surface area contributed by atoms with E-state index in [1.54, 1.807) is 0 Å². The zero-order valence-electron chi connectivity index (χ0n) is 19.3. The van der Waals surface area contributed by atoms with Crippen LogP contribution in [0, 0.1) is 13.8 Å². The molecule has 0 aromatic carbocycles. The number of rotatable bonds is 9. The molecule has 0 unspecified atom stereocenters. The zero-order valence-corrected chi connectivity index (χ0v) is 19.3. The van der Waals surface area contributed by atoms with Gasteiger partial charge in [-0.05, 0) is 59.4 Å². The van der Waals surface area contributed by atoms with Crippen LogP contribution in [0.4, 0.5) is 10.6 Å². The summed E-state index contributed by atoms with van der Waals surface area (Å²) in [5.74, 6) is 1.52. The smallest absolute Gasteiger partial charge is 0.424 e. The second kappa shape index (κ2) is 10.1. The summed E-state index contributed by atoms with van der Waals surface area (Å²) >= 11 is 0. The average Bonchev–Trinajstić information content (AvgIpc) is 3.00. The minimum Gasteiger partial charge on any atom is -0.443 e. The van der Waals surface area contributed by atoms with Gasteiger partial charge in [-0.3, -0.25) is 4.84 Å². The van der Waals surface area contributed by atoms with Gasteiger partial charge >= 0.3 is 6.09 Å². The number of aromatic nitrogens is 3. The zero-order chi connectivity index (χ0) is 22.5. The van der Waals surface area contributed by atoms with E-state index in [1.165, 1.54) is 12.3 Å². The lowest BCUT2D eigenvalue weighted by atomic mass is 10.2. The van der Waals surface area contributed by atoms with Crippen molar-refractivity contribution in [3.63, 3.8) is 0 Å². The van der Waals surface area contributed by atoms with Gasteiger partial charge in [-0.15, -0.1) is 0 Å². The number of nitrogens with two attached hydrogens (primary N) is 1. The first-order valence-electron chi connectivity index (χ1n) is 10.5. The van der Waals surface area contributed by atoms with E-state index in [1.807, 2.05) is 27.7 Å². The number of unbranched alkanes of at least 4 members (excludes halogenated alkanes) is 1. The van der Waals surface area contributed by atoms with Crippen LogP contribution in [0.15, 0.2) is 0 Å². The summed E-state index contributed by atoms with van der Waals surface area (Å²) in [6, 6.07) is 0.